The number of amides is 1. The Morgan fingerprint density at radius 3 is 2.71 bits per heavy atom. The first-order valence-corrected chi connectivity index (χ1v) is 7.48. The Kier molecular flexibility index (Phi) is 6.98. The third kappa shape index (κ3) is 4.91. The lowest BCUT2D eigenvalue weighted by Gasteiger charge is -2.25. The molecule has 0 bridgehead atoms. The summed E-state index contributed by atoms with van der Waals surface area (Å²) in [6.07, 6.45) is 2.54. The normalized spacial score (nSPS) is 11.5. The zero-order chi connectivity index (χ0) is 15.8. The monoisotopic (exact) mass is 287 g/mol. The van der Waals surface area contributed by atoms with Crippen molar-refractivity contribution in [3.8, 4) is 11.8 Å². The van der Waals surface area contributed by atoms with E-state index in [9.17, 15) is 4.79 Å². The van der Waals surface area contributed by atoms with Crippen molar-refractivity contribution in [2.75, 3.05) is 13.7 Å². The summed E-state index contributed by atoms with van der Waals surface area (Å²) in [6, 6.07) is 5.84. The molecule has 1 amide bonds. The van der Waals surface area contributed by atoms with Crippen LogP contribution in [0.4, 0.5) is 0 Å². The zero-order valence-electron chi connectivity index (χ0n) is 13.4. The third-order valence-corrected chi connectivity index (χ3v) is 3.62. The van der Waals surface area contributed by atoms with Gasteiger partial charge in [0.15, 0.2) is 0 Å². The van der Waals surface area contributed by atoms with Gasteiger partial charge in [0, 0.05) is 30.6 Å². The van der Waals surface area contributed by atoms with Crippen LogP contribution in [0, 0.1) is 18.8 Å². The van der Waals surface area contributed by atoms with Gasteiger partial charge in [0.05, 0.1) is 6.61 Å². The van der Waals surface area contributed by atoms with Gasteiger partial charge in [0.25, 0.3) is 5.91 Å². The van der Waals surface area contributed by atoms with Gasteiger partial charge >= 0.3 is 0 Å². The molecule has 1 atom stereocenters. The van der Waals surface area contributed by atoms with Crippen LogP contribution >= 0.6 is 0 Å². The number of aliphatic hydroxyl groups is 1. The van der Waals surface area contributed by atoms with E-state index in [-0.39, 0.29) is 18.6 Å². The maximum Gasteiger partial charge on any atom is 0.253 e. The number of aliphatic hydroxyl groups excluding tert-OH is 1. The standard InChI is InChI=1S/C18H25NO2/c1-5-8-15(3)19(4)18(21)17-11-10-16(14(2)13-17)9-6-7-12-20/h10-11,13,15,20H,5,7-8,12H2,1-4H3. The van der Waals surface area contributed by atoms with Gasteiger partial charge in [-0.15, -0.1) is 0 Å². The molecule has 1 aromatic carbocycles. The molecule has 3 heteroatoms. The van der Waals surface area contributed by atoms with E-state index in [0.29, 0.717) is 12.0 Å². The van der Waals surface area contributed by atoms with Crippen LogP contribution in [0.2, 0.25) is 0 Å². The van der Waals surface area contributed by atoms with Crippen molar-refractivity contribution in [1.82, 2.24) is 4.90 Å². The fourth-order valence-corrected chi connectivity index (χ4v) is 2.17. The maximum absolute atomic E-state index is 12.4. The van der Waals surface area contributed by atoms with Gasteiger partial charge in [-0.1, -0.05) is 25.2 Å². The Morgan fingerprint density at radius 1 is 1.43 bits per heavy atom. The average molecular weight is 287 g/mol. The van der Waals surface area contributed by atoms with E-state index in [1.807, 2.05) is 32.2 Å². The number of hydrogen-bond donors (Lipinski definition) is 1. The topological polar surface area (TPSA) is 40.5 Å². The van der Waals surface area contributed by atoms with Crippen molar-refractivity contribution in [1.29, 1.82) is 0 Å². The Bertz CT molecular complexity index is 540. The van der Waals surface area contributed by atoms with E-state index < -0.39 is 0 Å². The van der Waals surface area contributed by atoms with Crippen molar-refractivity contribution < 1.29 is 9.90 Å². The highest BCUT2D eigenvalue weighted by Gasteiger charge is 2.17. The van der Waals surface area contributed by atoms with Crippen molar-refractivity contribution >= 4 is 5.91 Å². The third-order valence-electron chi connectivity index (χ3n) is 3.62. The molecule has 0 aromatic heterocycles. The molecular formula is C18H25NO2. The SMILES string of the molecule is CCCC(C)N(C)C(=O)c1ccc(C#CCCO)c(C)c1. The molecule has 1 unspecified atom stereocenters. The Morgan fingerprint density at radius 2 is 2.14 bits per heavy atom. The summed E-state index contributed by atoms with van der Waals surface area (Å²) < 4.78 is 0. The number of rotatable bonds is 5. The van der Waals surface area contributed by atoms with Crippen LogP contribution in [-0.4, -0.2) is 35.6 Å². The van der Waals surface area contributed by atoms with E-state index in [2.05, 4.69) is 25.7 Å². The Hall–Kier alpha value is -1.79. The van der Waals surface area contributed by atoms with E-state index in [1.165, 1.54) is 0 Å². The summed E-state index contributed by atoms with van der Waals surface area (Å²) in [5, 5.41) is 8.73. The molecule has 114 valence electrons. The second-order valence-electron chi connectivity index (χ2n) is 5.36. The fraction of sp³-hybridized carbons (Fsp3) is 0.500. The summed E-state index contributed by atoms with van der Waals surface area (Å²) >= 11 is 0. The molecule has 21 heavy (non-hydrogen) atoms. The lowest BCUT2D eigenvalue weighted by atomic mass is 10.0. The first-order chi connectivity index (χ1) is 10.0. The van der Waals surface area contributed by atoms with Gasteiger partial charge in [0.2, 0.25) is 0 Å². The molecule has 1 aromatic rings. The Labute approximate surface area is 128 Å². The number of benzene rings is 1. The molecule has 0 aliphatic carbocycles. The maximum atomic E-state index is 12.4. The zero-order valence-corrected chi connectivity index (χ0v) is 13.4. The first kappa shape index (κ1) is 17.3. The lowest BCUT2D eigenvalue weighted by Crippen LogP contribution is -2.35. The van der Waals surface area contributed by atoms with Gasteiger partial charge in [0.1, 0.15) is 0 Å². The molecular weight excluding hydrogens is 262 g/mol. The predicted octanol–water partition coefficient (Wildman–Crippen LogP) is 2.99. The van der Waals surface area contributed by atoms with Crippen LogP contribution in [0.3, 0.4) is 0 Å². The van der Waals surface area contributed by atoms with Gasteiger partial charge in [-0.3, -0.25) is 4.79 Å². The molecule has 0 aliphatic rings. The van der Waals surface area contributed by atoms with E-state index in [1.54, 1.807) is 4.90 Å². The minimum atomic E-state index is 0.0499. The molecule has 0 spiro atoms. The first-order valence-electron chi connectivity index (χ1n) is 7.48. The molecule has 3 nitrogen and oxygen atoms in total. The van der Waals surface area contributed by atoms with Gasteiger partial charge in [-0.05, 0) is 44.0 Å². The highest BCUT2D eigenvalue weighted by atomic mass is 16.2. The highest BCUT2D eigenvalue weighted by Crippen LogP contribution is 2.14. The molecule has 0 aliphatic heterocycles. The molecule has 1 rings (SSSR count). The second-order valence-corrected chi connectivity index (χ2v) is 5.36. The minimum absolute atomic E-state index is 0.0499. The van der Waals surface area contributed by atoms with Gasteiger partial charge < -0.3 is 10.0 Å². The van der Waals surface area contributed by atoms with Crippen LogP contribution < -0.4 is 0 Å². The van der Waals surface area contributed by atoms with E-state index >= 15 is 0 Å². The molecule has 0 saturated carbocycles. The summed E-state index contributed by atoms with van der Waals surface area (Å²) in [5.74, 6) is 5.97. The molecule has 0 fully saturated rings. The number of nitrogens with zero attached hydrogens (tertiary/aromatic N) is 1. The predicted molar refractivity (Wildman–Crippen MR) is 86.2 cm³/mol. The summed E-state index contributed by atoms with van der Waals surface area (Å²) in [4.78, 5) is 14.2. The number of aryl methyl sites for hydroxylation is 1. The minimum Gasteiger partial charge on any atom is -0.395 e. The molecule has 0 saturated heterocycles. The number of carbonyl (C=O) groups excluding carboxylic acids is 1. The summed E-state index contributed by atoms with van der Waals surface area (Å²) in [5.41, 5.74) is 2.60. The Balaban J connectivity index is 2.88. The number of carbonyl (C=O) groups is 1. The smallest absolute Gasteiger partial charge is 0.253 e. The van der Waals surface area contributed by atoms with Gasteiger partial charge in [-0.2, -0.15) is 0 Å². The van der Waals surface area contributed by atoms with Crippen LogP contribution in [-0.2, 0) is 0 Å². The highest BCUT2D eigenvalue weighted by molar-refractivity contribution is 5.94. The molecule has 0 heterocycles. The largest absolute Gasteiger partial charge is 0.395 e. The van der Waals surface area contributed by atoms with Crippen LogP contribution in [0.15, 0.2) is 18.2 Å². The molecule has 0 radical (unpaired) electrons. The van der Waals surface area contributed by atoms with Crippen molar-refractivity contribution in [3.63, 3.8) is 0 Å². The quantitative estimate of drug-likeness (QED) is 0.846. The lowest BCUT2D eigenvalue weighted by molar-refractivity contribution is 0.0736. The van der Waals surface area contributed by atoms with E-state index in [0.717, 1.165) is 24.0 Å². The van der Waals surface area contributed by atoms with Crippen LogP contribution in [0.25, 0.3) is 0 Å². The van der Waals surface area contributed by atoms with Crippen molar-refractivity contribution in [2.45, 2.75) is 46.1 Å². The number of hydrogen-bond acceptors (Lipinski definition) is 2. The van der Waals surface area contributed by atoms with E-state index in [4.69, 9.17) is 5.11 Å². The summed E-state index contributed by atoms with van der Waals surface area (Å²) in [7, 11) is 1.85. The van der Waals surface area contributed by atoms with Crippen molar-refractivity contribution in [2.24, 2.45) is 0 Å². The average Bonchev–Trinajstić information content (AvgIpc) is 2.47. The second kappa shape index (κ2) is 8.49. The van der Waals surface area contributed by atoms with Crippen LogP contribution in [0.1, 0.15) is 54.6 Å². The summed E-state index contributed by atoms with van der Waals surface area (Å²) in [6.45, 7) is 6.22. The van der Waals surface area contributed by atoms with Crippen LogP contribution in [0.5, 0.6) is 0 Å². The fourth-order valence-electron chi connectivity index (χ4n) is 2.17. The van der Waals surface area contributed by atoms with Gasteiger partial charge in [-0.25, -0.2) is 0 Å². The molecule has 1 N–H and O–H groups in total. The van der Waals surface area contributed by atoms with Crippen molar-refractivity contribution in [3.05, 3.63) is 34.9 Å².